The molecule has 2 rings (SSSR count). The van der Waals surface area contributed by atoms with Crippen molar-refractivity contribution in [2.75, 3.05) is 26.4 Å². The van der Waals surface area contributed by atoms with E-state index in [0.717, 1.165) is 30.6 Å². The zero-order chi connectivity index (χ0) is 24.3. The smallest absolute Gasteiger partial charge is 0.333 e. The Morgan fingerprint density at radius 3 is 2.06 bits per heavy atom. The van der Waals surface area contributed by atoms with Crippen LogP contribution >= 0.6 is 0 Å². The molecule has 0 amide bonds. The summed E-state index contributed by atoms with van der Waals surface area (Å²) >= 11 is 0. The van der Waals surface area contributed by atoms with Crippen LogP contribution in [0, 0.1) is 35.0 Å². The van der Waals surface area contributed by atoms with Gasteiger partial charge in [-0.05, 0) is 68.6 Å². The van der Waals surface area contributed by atoms with Crippen LogP contribution in [0.4, 0.5) is 0 Å². The van der Waals surface area contributed by atoms with Crippen LogP contribution in [0.5, 0.6) is 0 Å². The second-order valence-electron chi connectivity index (χ2n) is 11.3. The number of hydrogen-bond donors (Lipinski definition) is 3. The third-order valence-corrected chi connectivity index (χ3v) is 8.77. The van der Waals surface area contributed by atoms with Crippen molar-refractivity contribution in [2.45, 2.75) is 97.3 Å². The molecule has 0 aromatic rings. The van der Waals surface area contributed by atoms with Gasteiger partial charge in [-0.2, -0.15) is 0 Å². The van der Waals surface area contributed by atoms with Gasteiger partial charge in [0.1, 0.15) is 0 Å². The molecule has 0 bridgehead atoms. The van der Waals surface area contributed by atoms with Crippen LogP contribution in [0.3, 0.4) is 0 Å². The zero-order valence-corrected chi connectivity index (χ0v) is 21.3. The van der Waals surface area contributed by atoms with E-state index in [0.29, 0.717) is 5.92 Å². The minimum absolute atomic E-state index is 0.000856. The zero-order valence-electron chi connectivity index (χ0n) is 21.3. The molecule has 0 aliphatic heterocycles. The Labute approximate surface area is 202 Å². The van der Waals surface area contributed by atoms with Crippen molar-refractivity contribution in [3.63, 3.8) is 0 Å². The fraction of sp³-hybridized carbons (Fsp3) is 0.893. The van der Waals surface area contributed by atoms with Gasteiger partial charge in [0.15, 0.2) is 0 Å². The predicted molar refractivity (Wildman–Crippen MR) is 133 cm³/mol. The molecule has 192 valence electrons. The van der Waals surface area contributed by atoms with Crippen molar-refractivity contribution in [1.29, 1.82) is 0 Å². The highest BCUT2D eigenvalue weighted by Crippen LogP contribution is 2.46. The minimum atomic E-state index is -0.494. The topological polar surface area (TPSA) is 87.0 Å². The summed E-state index contributed by atoms with van der Waals surface area (Å²) in [6, 6.07) is 0. The average Bonchev–Trinajstić information content (AvgIpc) is 2.86. The summed E-state index contributed by atoms with van der Waals surface area (Å²) in [6.45, 7) is 7.86. The van der Waals surface area contributed by atoms with Crippen molar-refractivity contribution >= 4 is 5.97 Å². The first kappa shape index (κ1) is 28.3. The summed E-state index contributed by atoms with van der Waals surface area (Å²) in [5, 5.41) is 28.6. The van der Waals surface area contributed by atoms with E-state index in [4.69, 9.17) is 4.74 Å². The quantitative estimate of drug-likeness (QED) is 0.184. The molecule has 0 aromatic heterocycles. The molecule has 0 heterocycles. The molecule has 5 nitrogen and oxygen atoms in total. The summed E-state index contributed by atoms with van der Waals surface area (Å²) < 4.78 is 5.54. The summed E-state index contributed by atoms with van der Waals surface area (Å²) in [5.74, 6) is 2.11. The molecule has 1 atom stereocenters. The highest BCUT2D eigenvalue weighted by molar-refractivity contribution is 5.87. The average molecular weight is 467 g/mol. The second kappa shape index (κ2) is 14.5. The Morgan fingerprint density at radius 1 is 0.970 bits per heavy atom. The third-order valence-electron chi connectivity index (χ3n) is 8.77. The summed E-state index contributed by atoms with van der Waals surface area (Å²) in [7, 11) is 0. The SMILES string of the molecule is C=C(CC(CO)CO)C(=O)OCC(C)(CO)C1CCC(C2CCC(CCCCC)CC2)CC1. The summed E-state index contributed by atoms with van der Waals surface area (Å²) in [5.41, 5.74) is -0.178. The minimum Gasteiger partial charge on any atom is -0.462 e. The van der Waals surface area contributed by atoms with Crippen molar-refractivity contribution in [1.82, 2.24) is 0 Å². The van der Waals surface area contributed by atoms with Gasteiger partial charge in [0.05, 0.1) is 13.2 Å². The van der Waals surface area contributed by atoms with Gasteiger partial charge in [-0.15, -0.1) is 0 Å². The van der Waals surface area contributed by atoms with E-state index in [2.05, 4.69) is 13.5 Å². The van der Waals surface area contributed by atoms with Crippen LogP contribution in [-0.2, 0) is 9.53 Å². The van der Waals surface area contributed by atoms with Crippen LogP contribution < -0.4 is 0 Å². The monoisotopic (exact) mass is 466 g/mol. The van der Waals surface area contributed by atoms with Crippen LogP contribution in [0.2, 0.25) is 0 Å². The Kier molecular flexibility index (Phi) is 12.4. The Balaban J connectivity index is 1.76. The third kappa shape index (κ3) is 8.67. The lowest BCUT2D eigenvalue weighted by Gasteiger charge is -2.43. The Morgan fingerprint density at radius 2 is 1.55 bits per heavy atom. The van der Waals surface area contributed by atoms with Crippen LogP contribution in [0.1, 0.15) is 97.3 Å². The Hall–Kier alpha value is -0.910. The molecule has 0 radical (unpaired) electrons. The van der Waals surface area contributed by atoms with Gasteiger partial charge in [0, 0.05) is 30.1 Å². The molecule has 2 aliphatic carbocycles. The van der Waals surface area contributed by atoms with Gasteiger partial charge in [0.2, 0.25) is 0 Å². The van der Waals surface area contributed by atoms with Gasteiger partial charge in [0.25, 0.3) is 0 Å². The van der Waals surface area contributed by atoms with Crippen LogP contribution in [0.25, 0.3) is 0 Å². The summed E-state index contributed by atoms with van der Waals surface area (Å²) in [6.07, 6.45) is 16.0. The molecule has 0 aromatic carbocycles. The van der Waals surface area contributed by atoms with E-state index in [-0.39, 0.29) is 38.4 Å². The molecule has 2 aliphatic rings. The number of esters is 1. The fourth-order valence-electron chi connectivity index (χ4n) is 6.16. The number of unbranched alkanes of at least 4 members (excludes halogenated alkanes) is 2. The molecular formula is C28H50O5. The van der Waals surface area contributed by atoms with E-state index in [1.54, 1.807) is 0 Å². The van der Waals surface area contributed by atoms with E-state index >= 15 is 0 Å². The molecule has 0 saturated heterocycles. The number of ether oxygens (including phenoxy) is 1. The molecule has 33 heavy (non-hydrogen) atoms. The molecular weight excluding hydrogens is 416 g/mol. The molecule has 5 heteroatoms. The van der Waals surface area contributed by atoms with E-state index in [1.165, 1.54) is 64.2 Å². The first-order valence-corrected chi connectivity index (χ1v) is 13.5. The molecule has 3 N–H and O–H groups in total. The maximum absolute atomic E-state index is 12.4. The van der Waals surface area contributed by atoms with Crippen LogP contribution in [-0.4, -0.2) is 47.7 Å². The first-order chi connectivity index (χ1) is 15.9. The standard InChI is InChI=1S/C28H50O5/c1-4-5-6-7-22-8-10-24(11-9-22)25-12-14-26(15-13-25)28(3,19-31)20-33-27(32)21(2)16-23(17-29)18-30/h22-26,29-31H,2,4-20H2,1,3H3. The van der Waals surface area contributed by atoms with Crippen LogP contribution in [0.15, 0.2) is 12.2 Å². The number of rotatable bonds is 14. The van der Waals surface area contributed by atoms with Crippen molar-refractivity contribution in [3.05, 3.63) is 12.2 Å². The van der Waals surface area contributed by atoms with E-state index in [9.17, 15) is 20.1 Å². The Bertz CT molecular complexity index is 571. The number of aliphatic hydroxyl groups excluding tert-OH is 3. The summed E-state index contributed by atoms with van der Waals surface area (Å²) in [4.78, 5) is 12.4. The van der Waals surface area contributed by atoms with Gasteiger partial charge in [-0.1, -0.05) is 59.0 Å². The van der Waals surface area contributed by atoms with Crippen molar-refractivity contribution < 1.29 is 24.9 Å². The molecule has 2 saturated carbocycles. The predicted octanol–water partition coefficient (Wildman–Crippen LogP) is 5.27. The number of carbonyl (C=O) groups is 1. The lowest BCUT2D eigenvalue weighted by Crippen LogP contribution is -2.40. The van der Waals surface area contributed by atoms with Gasteiger partial charge in [-0.3, -0.25) is 0 Å². The second-order valence-corrected chi connectivity index (χ2v) is 11.3. The van der Waals surface area contributed by atoms with E-state index in [1.807, 2.05) is 6.92 Å². The lowest BCUT2D eigenvalue weighted by atomic mass is 9.64. The highest BCUT2D eigenvalue weighted by atomic mass is 16.5. The number of carbonyl (C=O) groups excluding carboxylic acids is 1. The maximum atomic E-state index is 12.4. The number of aliphatic hydroxyl groups is 3. The van der Waals surface area contributed by atoms with E-state index < -0.39 is 17.3 Å². The largest absolute Gasteiger partial charge is 0.462 e. The normalized spacial score (nSPS) is 27.8. The first-order valence-electron chi connectivity index (χ1n) is 13.5. The molecule has 2 fully saturated rings. The van der Waals surface area contributed by atoms with Gasteiger partial charge >= 0.3 is 5.97 Å². The lowest BCUT2D eigenvalue weighted by molar-refractivity contribution is -0.146. The fourth-order valence-corrected chi connectivity index (χ4v) is 6.16. The van der Waals surface area contributed by atoms with Crippen molar-refractivity contribution in [2.24, 2.45) is 35.0 Å². The number of hydrogen-bond acceptors (Lipinski definition) is 5. The van der Waals surface area contributed by atoms with Gasteiger partial charge in [-0.25, -0.2) is 4.79 Å². The highest BCUT2D eigenvalue weighted by Gasteiger charge is 2.39. The maximum Gasteiger partial charge on any atom is 0.333 e. The molecule has 0 spiro atoms. The molecule has 1 unspecified atom stereocenters. The van der Waals surface area contributed by atoms with Crippen molar-refractivity contribution in [3.8, 4) is 0 Å². The van der Waals surface area contributed by atoms with Gasteiger partial charge < -0.3 is 20.1 Å².